The summed E-state index contributed by atoms with van der Waals surface area (Å²) in [6.07, 6.45) is 3.76. The van der Waals surface area contributed by atoms with E-state index in [0.717, 1.165) is 5.56 Å². The Labute approximate surface area is 142 Å². The second-order valence-corrected chi connectivity index (χ2v) is 6.52. The lowest BCUT2D eigenvalue weighted by Crippen LogP contribution is -2.28. The van der Waals surface area contributed by atoms with E-state index in [1.165, 1.54) is 0 Å². The maximum atomic E-state index is 12.2. The number of amides is 1. The average Bonchev–Trinajstić information content (AvgIpc) is 2.58. The van der Waals surface area contributed by atoms with E-state index in [1.54, 1.807) is 44.4 Å². The molecule has 0 aliphatic carbocycles. The first-order valence-electron chi connectivity index (χ1n) is 8.03. The molecule has 0 aliphatic heterocycles. The topological polar surface area (TPSA) is 82.5 Å². The smallest absolute Gasteiger partial charge is 0.251 e. The number of aliphatic hydroxyl groups is 2. The van der Waals surface area contributed by atoms with Crippen LogP contribution in [0.3, 0.4) is 0 Å². The third-order valence-electron chi connectivity index (χ3n) is 3.76. The molecule has 0 saturated heterocycles. The second-order valence-electron chi connectivity index (χ2n) is 6.52. The normalized spacial score (nSPS) is 12.7. The van der Waals surface area contributed by atoms with Crippen LogP contribution in [0.15, 0.2) is 48.8 Å². The van der Waals surface area contributed by atoms with E-state index >= 15 is 0 Å². The third-order valence-corrected chi connectivity index (χ3v) is 3.76. The molecule has 1 heterocycles. The summed E-state index contributed by atoms with van der Waals surface area (Å²) in [6, 6.07) is 10.8. The highest BCUT2D eigenvalue weighted by molar-refractivity contribution is 5.94. The fraction of sp³-hybridized carbons (Fsp3) is 0.368. The predicted octanol–water partition coefficient (Wildman–Crippen LogP) is 2.25. The lowest BCUT2D eigenvalue weighted by molar-refractivity contribution is 0.0714. The minimum absolute atomic E-state index is 0.136. The minimum Gasteiger partial charge on any atom is -0.390 e. The van der Waals surface area contributed by atoms with Gasteiger partial charge in [0.2, 0.25) is 0 Å². The number of aromatic nitrogens is 1. The summed E-state index contributed by atoms with van der Waals surface area (Å²) in [5, 5.41) is 22.6. The Balaban J connectivity index is 1.92. The van der Waals surface area contributed by atoms with Crippen LogP contribution in [-0.4, -0.2) is 33.3 Å². The summed E-state index contributed by atoms with van der Waals surface area (Å²) in [7, 11) is 0. The highest BCUT2D eigenvalue weighted by Crippen LogP contribution is 2.15. The number of benzene rings is 1. The molecule has 0 spiro atoms. The van der Waals surface area contributed by atoms with Gasteiger partial charge in [0.1, 0.15) is 0 Å². The number of aliphatic hydroxyl groups excluding tert-OH is 1. The Hall–Kier alpha value is -2.24. The summed E-state index contributed by atoms with van der Waals surface area (Å²) in [5.41, 5.74) is 1.53. The van der Waals surface area contributed by atoms with E-state index in [9.17, 15) is 15.0 Å². The van der Waals surface area contributed by atoms with Gasteiger partial charge < -0.3 is 15.5 Å². The van der Waals surface area contributed by atoms with Gasteiger partial charge in [0.25, 0.3) is 5.91 Å². The van der Waals surface area contributed by atoms with Crippen LogP contribution >= 0.6 is 0 Å². The van der Waals surface area contributed by atoms with E-state index in [0.29, 0.717) is 24.0 Å². The van der Waals surface area contributed by atoms with Crippen molar-refractivity contribution in [2.24, 2.45) is 0 Å². The number of carbonyl (C=O) groups is 1. The lowest BCUT2D eigenvalue weighted by atomic mass is 9.98. The van der Waals surface area contributed by atoms with Crippen molar-refractivity contribution in [2.45, 2.75) is 38.4 Å². The number of nitrogens with zero attached hydrogens (tertiary/aromatic N) is 1. The Bertz CT molecular complexity index is 666. The van der Waals surface area contributed by atoms with Gasteiger partial charge in [-0.05, 0) is 62.1 Å². The summed E-state index contributed by atoms with van der Waals surface area (Å²) >= 11 is 0. The van der Waals surface area contributed by atoms with Gasteiger partial charge in [-0.2, -0.15) is 0 Å². The van der Waals surface area contributed by atoms with Crippen LogP contribution in [0.5, 0.6) is 0 Å². The fourth-order valence-electron chi connectivity index (χ4n) is 2.31. The van der Waals surface area contributed by atoms with Crippen molar-refractivity contribution in [1.29, 1.82) is 0 Å². The van der Waals surface area contributed by atoms with Gasteiger partial charge in [0, 0.05) is 24.5 Å². The van der Waals surface area contributed by atoms with Gasteiger partial charge in [-0.15, -0.1) is 0 Å². The SMILES string of the molecule is CC(C)(O)CCc1cccc(C(=O)NC[C@@H](O)c2ccncc2)c1. The molecule has 1 amide bonds. The maximum Gasteiger partial charge on any atom is 0.251 e. The standard InChI is InChI=1S/C19H24N2O3/c1-19(2,24)9-6-14-4-3-5-16(12-14)18(23)21-13-17(22)15-7-10-20-11-8-15/h3-5,7-8,10-12,17,22,24H,6,9,13H2,1-2H3,(H,21,23)/t17-/m1/s1. The molecule has 0 saturated carbocycles. The number of nitrogens with one attached hydrogen (secondary N) is 1. The van der Waals surface area contributed by atoms with Crippen LogP contribution < -0.4 is 5.32 Å². The zero-order chi connectivity index (χ0) is 17.6. The van der Waals surface area contributed by atoms with Crippen LogP contribution in [0.25, 0.3) is 0 Å². The Morgan fingerprint density at radius 1 is 1.25 bits per heavy atom. The molecule has 0 radical (unpaired) electrons. The van der Waals surface area contributed by atoms with Crippen molar-refractivity contribution >= 4 is 5.91 Å². The molecule has 0 fully saturated rings. The molecule has 0 aliphatic rings. The van der Waals surface area contributed by atoms with Gasteiger partial charge in [-0.3, -0.25) is 9.78 Å². The van der Waals surface area contributed by atoms with Crippen LogP contribution in [-0.2, 0) is 6.42 Å². The zero-order valence-corrected chi connectivity index (χ0v) is 14.1. The lowest BCUT2D eigenvalue weighted by Gasteiger charge is -2.17. The number of rotatable bonds is 7. The average molecular weight is 328 g/mol. The number of hydrogen-bond acceptors (Lipinski definition) is 4. The van der Waals surface area contributed by atoms with Crippen LogP contribution in [0.1, 0.15) is 47.9 Å². The van der Waals surface area contributed by atoms with E-state index in [2.05, 4.69) is 10.3 Å². The first-order valence-corrected chi connectivity index (χ1v) is 8.03. The van der Waals surface area contributed by atoms with Crippen molar-refractivity contribution in [3.8, 4) is 0 Å². The van der Waals surface area contributed by atoms with Crippen molar-refractivity contribution < 1.29 is 15.0 Å². The van der Waals surface area contributed by atoms with Crippen LogP contribution in [0, 0.1) is 0 Å². The van der Waals surface area contributed by atoms with Gasteiger partial charge >= 0.3 is 0 Å². The number of aryl methyl sites for hydroxylation is 1. The molecule has 128 valence electrons. The molecule has 5 nitrogen and oxygen atoms in total. The first-order chi connectivity index (χ1) is 11.3. The predicted molar refractivity (Wildman–Crippen MR) is 92.6 cm³/mol. The van der Waals surface area contributed by atoms with Crippen molar-refractivity contribution in [1.82, 2.24) is 10.3 Å². The summed E-state index contributed by atoms with van der Waals surface area (Å²) in [4.78, 5) is 16.1. The second kappa shape index (κ2) is 8.04. The third kappa shape index (κ3) is 5.76. The van der Waals surface area contributed by atoms with E-state index in [4.69, 9.17) is 0 Å². The molecule has 0 bridgehead atoms. The molecule has 1 aromatic carbocycles. The molecule has 0 unspecified atom stereocenters. The van der Waals surface area contributed by atoms with E-state index in [-0.39, 0.29) is 12.5 Å². The quantitative estimate of drug-likeness (QED) is 0.728. The summed E-state index contributed by atoms with van der Waals surface area (Å²) in [6.45, 7) is 3.67. The van der Waals surface area contributed by atoms with Crippen LogP contribution in [0.2, 0.25) is 0 Å². The minimum atomic E-state index is -0.768. The fourth-order valence-corrected chi connectivity index (χ4v) is 2.31. The number of pyridine rings is 1. The summed E-state index contributed by atoms with van der Waals surface area (Å²) < 4.78 is 0. The molecule has 1 atom stereocenters. The zero-order valence-electron chi connectivity index (χ0n) is 14.1. The van der Waals surface area contributed by atoms with Gasteiger partial charge in [-0.25, -0.2) is 0 Å². The molecule has 2 aromatic rings. The molecule has 1 aromatic heterocycles. The molecule has 3 N–H and O–H groups in total. The molecule has 24 heavy (non-hydrogen) atoms. The first kappa shape index (κ1) is 18.1. The van der Waals surface area contributed by atoms with Crippen molar-refractivity contribution in [3.05, 3.63) is 65.5 Å². The highest BCUT2D eigenvalue weighted by Gasteiger charge is 2.14. The van der Waals surface area contributed by atoms with Gasteiger partial charge in [0.15, 0.2) is 0 Å². The number of hydrogen-bond donors (Lipinski definition) is 3. The highest BCUT2D eigenvalue weighted by atomic mass is 16.3. The van der Waals surface area contributed by atoms with E-state index in [1.807, 2.05) is 18.2 Å². The van der Waals surface area contributed by atoms with Gasteiger partial charge in [0.05, 0.1) is 11.7 Å². The monoisotopic (exact) mass is 328 g/mol. The van der Waals surface area contributed by atoms with Crippen molar-refractivity contribution in [2.75, 3.05) is 6.54 Å². The van der Waals surface area contributed by atoms with Crippen molar-refractivity contribution in [3.63, 3.8) is 0 Å². The van der Waals surface area contributed by atoms with E-state index < -0.39 is 11.7 Å². The summed E-state index contributed by atoms with van der Waals surface area (Å²) in [5.74, 6) is -0.229. The molecular formula is C19H24N2O3. The molecule has 2 rings (SSSR count). The Morgan fingerprint density at radius 3 is 2.62 bits per heavy atom. The largest absolute Gasteiger partial charge is 0.390 e. The Morgan fingerprint density at radius 2 is 1.96 bits per heavy atom. The Kier molecular flexibility index (Phi) is 6.06. The van der Waals surface area contributed by atoms with Gasteiger partial charge in [-0.1, -0.05) is 12.1 Å². The molecular weight excluding hydrogens is 304 g/mol. The van der Waals surface area contributed by atoms with Crippen LogP contribution in [0.4, 0.5) is 0 Å². The number of carbonyl (C=O) groups excluding carboxylic acids is 1. The molecule has 5 heteroatoms. The maximum absolute atomic E-state index is 12.2.